The molecule has 160 valence electrons. The summed E-state index contributed by atoms with van der Waals surface area (Å²) in [4.78, 5) is 34.9. The van der Waals surface area contributed by atoms with Crippen LogP contribution in [0.1, 0.15) is 31.8 Å². The number of esters is 1. The predicted octanol–water partition coefficient (Wildman–Crippen LogP) is 4.08. The fraction of sp³-hybridized carbons (Fsp3) is 0.0833. The van der Waals surface area contributed by atoms with E-state index >= 15 is 0 Å². The van der Waals surface area contributed by atoms with Crippen molar-refractivity contribution in [2.45, 2.75) is 0 Å². The molecular formula is C24H19N3O5. The lowest BCUT2D eigenvalue weighted by Gasteiger charge is -2.07. The first-order valence-corrected chi connectivity index (χ1v) is 9.49. The number of carbonyl (C=O) groups excluding carboxylic acids is 2. The summed E-state index contributed by atoms with van der Waals surface area (Å²) in [6.45, 7) is 0. The molecule has 0 saturated carbocycles. The highest BCUT2D eigenvalue weighted by Crippen LogP contribution is 2.25. The molecule has 0 aliphatic heterocycles. The second-order valence-corrected chi connectivity index (χ2v) is 6.60. The normalized spacial score (nSPS) is 9.81. The van der Waals surface area contributed by atoms with Gasteiger partial charge < -0.3 is 15.4 Å². The van der Waals surface area contributed by atoms with Crippen molar-refractivity contribution in [2.75, 3.05) is 24.8 Å². The Morgan fingerprint density at radius 2 is 1.62 bits per heavy atom. The van der Waals surface area contributed by atoms with Crippen LogP contribution in [0, 0.1) is 22.0 Å². The lowest BCUT2D eigenvalue weighted by molar-refractivity contribution is -0.384. The number of ether oxygens (including phenoxy) is 1. The van der Waals surface area contributed by atoms with Gasteiger partial charge in [0.1, 0.15) is 5.69 Å². The second-order valence-electron chi connectivity index (χ2n) is 6.60. The molecule has 0 aliphatic rings. The third-order valence-electron chi connectivity index (χ3n) is 4.48. The number of rotatable bonds is 5. The van der Waals surface area contributed by atoms with E-state index in [9.17, 15) is 19.7 Å². The molecular weight excluding hydrogens is 410 g/mol. The Kier molecular flexibility index (Phi) is 6.83. The van der Waals surface area contributed by atoms with Gasteiger partial charge in [-0.15, -0.1) is 0 Å². The lowest BCUT2D eigenvalue weighted by Crippen LogP contribution is -2.12. The van der Waals surface area contributed by atoms with Crippen molar-refractivity contribution in [3.05, 3.63) is 99.1 Å². The molecule has 0 spiro atoms. The standard InChI is InChI=1S/C24H19N3O5/c1-25-21-12-11-18(15-22(21)27(30)31)23(28)26-20-8-4-6-17(14-20)10-9-16-5-3-7-19(13-16)24(29)32-2/h3-8,11-15,25H,1-2H3,(H,26,28). The lowest BCUT2D eigenvalue weighted by atomic mass is 10.1. The zero-order chi connectivity index (χ0) is 23.1. The number of amides is 1. The van der Waals surface area contributed by atoms with E-state index in [2.05, 4.69) is 22.5 Å². The maximum atomic E-state index is 12.6. The molecule has 0 radical (unpaired) electrons. The number of nitrogens with one attached hydrogen (secondary N) is 2. The van der Waals surface area contributed by atoms with Gasteiger partial charge in [0.2, 0.25) is 0 Å². The van der Waals surface area contributed by atoms with Crippen molar-refractivity contribution in [1.82, 2.24) is 0 Å². The van der Waals surface area contributed by atoms with Gasteiger partial charge in [0.05, 0.1) is 17.6 Å². The summed E-state index contributed by atoms with van der Waals surface area (Å²) >= 11 is 0. The summed E-state index contributed by atoms with van der Waals surface area (Å²) < 4.78 is 4.71. The van der Waals surface area contributed by atoms with E-state index in [1.165, 1.54) is 25.3 Å². The molecule has 3 rings (SSSR count). The zero-order valence-corrected chi connectivity index (χ0v) is 17.3. The minimum Gasteiger partial charge on any atom is -0.465 e. The Labute approximate surface area is 184 Å². The predicted molar refractivity (Wildman–Crippen MR) is 121 cm³/mol. The Morgan fingerprint density at radius 3 is 2.28 bits per heavy atom. The molecule has 0 heterocycles. The quantitative estimate of drug-likeness (QED) is 0.274. The molecule has 1 amide bonds. The van der Waals surface area contributed by atoms with Gasteiger partial charge in [-0.05, 0) is 48.5 Å². The average Bonchev–Trinajstić information content (AvgIpc) is 2.82. The first kappa shape index (κ1) is 22.1. The van der Waals surface area contributed by atoms with E-state index < -0.39 is 16.8 Å². The third-order valence-corrected chi connectivity index (χ3v) is 4.48. The maximum absolute atomic E-state index is 12.6. The highest BCUT2D eigenvalue weighted by atomic mass is 16.6. The number of benzene rings is 3. The number of anilines is 2. The molecule has 0 aromatic heterocycles. The minimum atomic E-state index is -0.548. The van der Waals surface area contributed by atoms with Crippen LogP contribution in [0.15, 0.2) is 66.7 Å². The third kappa shape index (κ3) is 5.29. The molecule has 0 aliphatic carbocycles. The zero-order valence-electron chi connectivity index (χ0n) is 17.3. The van der Waals surface area contributed by atoms with Crippen molar-refractivity contribution in [2.24, 2.45) is 0 Å². The van der Waals surface area contributed by atoms with Crippen molar-refractivity contribution >= 4 is 28.9 Å². The summed E-state index contributed by atoms with van der Waals surface area (Å²) in [5, 5.41) is 16.7. The first-order valence-electron chi connectivity index (χ1n) is 9.49. The van der Waals surface area contributed by atoms with Crippen LogP contribution in [0.5, 0.6) is 0 Å². The highest BCUT2D eigenvalue weighted by Gasteiger charge is 2.17. The number of hydrogen-bond acceptors (Lipinski definition) is 6. The number of hydrogen-bond donors (Lipinski definition) is 2. The van der Waals surface area contributed by atoms with Crippen molar-refractivity contribution < 1.29 is 19.2 Å². The van der Waals surface area contributed by atoms with Gasteiger partial charge in [0.15, 0.2) is 0 Å². The van der Waals surface area contributed by atoms with Gasteiger partial charge in [-0.25, -0.2) is 4.79 Å². The fourth-order valence-corrected chi connectivity index (χ4v) is 2.90. The molecule has 3 aromatic carbocycles. The first-order chi connectivity index (χ1) is 15.4. The number of nitro benzene ring substituents is 1. The number of nitrogens with zero attached hydrogens (tertiary/aromatic N) is 1. The van der Waals surface area contributed by atoms with Crippen molar-refractivity contribution in [3.63, 3.8) is 0 Å². The van der Waals surface area contributed by atoms with Gasteiger partial charge in [0.25, 0.3) is 11.6 Å². The Morgan fingerprint density at radius 1 is 0.938 bits per heavy atom. The number of methoxy groups -OCH3 is 1. The number of carbonyl (C=O) groups is 2. The summed E-state index contributed by atoms with van der Waals surface area (Å²) in [6.07, 6.45) is 0. The van der Waals surface area contributed by atoms with Crippen LogP contribution in [-0.2, 0) is 4.74 Å². The molecule has 2 N–H and O–H groups in total. The highest BCUT2D eigenvalue weighted by molar-refractivity contribution is 6.05. The largest absolute Gasteiger partial charge is 0.465 e. The van der Waals surface area contributed by atoms with E-state index in [0.717, 1.165) is 0 Å². The molecule has 3 aromatic rings. The van der Waals surface area contributed by atoms with Gasteiger partial charge in [0, 0.05) is 35.5 Å². The molecule has 0 atom stereocenters. The van der Waals surface area contributed by atoms with Crippen LogP contribution in [0.2, 0.25) is 0 Å². The molecule has 0 bridgehead atoms. The van der Waals surface area contributed by atoms with E-state index in [4.69, 9.17) is 4.74 Å². The fourth-order valence-electron chi connectivity index (χ4n) is 2.90. The van der Waals surface area contributed by atoms with Crippen LogP contribution in [0.25, 0.3) is 0 Å². The summed E-state index contributed by atoms with van der Waals surface area (Å²) in [7, 11) is 2.88. The van der Waals surface area contributed by atoms with Gasteiger partial charge in [-0.1, -0.05) is 24.0 Å². The van der Waals surface area contributed by atoms with Crippen LogP contribution in [0.3, 0.4) is 0 Å². The van der Waals surface area contributed by atoms with Crippen molar-refractivity contribution in [3.8, 4) is 11.8 Å². The SMILES string of the molecule is CNc1ccc(C(=O)Nc2cccc(C#Cc3cccc(C(=O)OC)c3)c2)cc1[N+](=O)[O-]. The molecule has 8 heteroatoms. The Hall–Kier alpha value is -4.64. The summed E-state index contributed by atoms with van der Waals surface area (Å²) in [5.41, 5.74) is 2.46. The van der Waals surface area contributed by atoms with E-state index in [-0.39, 0.29) is 11.3 Å². The minimum absolute atomic E-state index is 0.159. The van der Waals surface area contributed by atoms with Crippen LogP contribution < -0.4 is 10.6 Å². The second kappa shape index (κ2) is 9.91. The van der Waals surface area contributed by atoms with Gasteiger partial charge in [-0.2, -0.15) is 0 Å². The summed E-state index contributed by atoms with van der Waals surface area (Å²) in [5.74, 6) is 5.04. The molecule has 0 fully saturated rings. The van der Waals surface area contributed by atoms with Gasteiger partial charge in [-0.3, -0.25) is 14.9 Å². The van der Waals surface area contributed by atoms with E-state index in [1.54, 1.807) is 55.6 Å². The van der Waals surface area contributed by atoms with Crippen molar-refractivity contribution in [1.29, 1.82) is 0 Å². The topological polar surface area (TPSA) is 111 Å². The molecule has 0 saturated heterocycles. The summed E-state index contributed by atoms with van der Waals surface area (Å²) in [6, 6.07) is 17.9. The molecule has 32 heavy (non-hydrogen) atoms. The Bertz CT molecular complexity index is 1260. The average molecular weight is 429 g/mol. The van der Waals surface area contributed by atoms with E-state index in [0.29, 0.717) is 28.1 Å². The van der Waals surface area contributed by atoms with Crippen LogP contribution in [-0.4, -0.2) is 31.0 Å². The maximum Gasteiger partial charge on any atom is 0.337 e. The smallest absolute Gasteiger partial charge is 0.337 e. The Balaban J connectivity index is 1.79. The number of nitro groups is 1. The monoisotopic (exact) mass is 429 g/mol. The van der Waals surface area contributed by atoms with Gasteiger partial charge >= 0.3 is 5.97 Å². The van der Waals surface area contributed by atoms with Crippen LogP contribution >= 0.6 is 0 Å². The molecule has 0 unspecified atom stereocenters. The molecule has 8 nitrogen and oxygen atoms in total. The van der Waals surface area contributed by atoms with Crippen LogP contribution in [0.4, 0.5) is 17.1 Å². The van der Waals surface area contributed by atoms with E-state index in [1.807, 2.05) is 0 Å².